The molecule has 0 saturated carbocycles. The number of nitrogens with two attached hydrogens (primary N) is 1. The van der Waals surface area contributed by atoms with E-state index in [9.17, 15) is 9.90 Å². The number of carbonyl (C=O) groups is 1. The minimum Gasteiger partial charge on any atom is -0.492 e. The predicted molar refractivity (Wildman–Crippen MR) is 118 cm³/mol. The Hall–Kier alpha value is -2.45. The average Bonchev–Trinajstić information content (AvgIpc) is 3.28. The molecule has 3 N–H and O–H groups in total. The SMILES string of the molecule is CCc1nc2sc(C(c3ccc(C(C)C)cc3)N3CCC(C(N)=O)CC3)c(O)n2n1. The van der Waals surface area contributed by atoms with E-state index in [4.69, 9.17) is 5.73 Å². The van der Waals surface area contributed by atoms with E-state index in [2.05, 4.69) is 53.1 Å². The predicted octanol–water partition coefficient (Wildman–Crippen LogP) is 3.47. The number of aromatic hydroxyl groups is 1. The van der Waals surface area contributed by atoms with Crippen molar-refractivity contribution < 1.29 is 9.90 Å². The van der Waals surface area contributed by atoms with Gasteiger partial charge in [-0.2, -0.15) is 4.52 Å². The van der Waals surface area contributed by atoms with Gasteiger partial charge in [0.25, 0.3) is 0 Å². The fraction of sp³-hybridized carbons (Fsp3) is 0.500. The van der Waals surface area contributed by atoms with Gasteiger partial charge in [-0.25, -0.2) is 4.98 Å². The number of hydrogen-bond donors (Lipinski definition) is 2. The maximum Gasteiger partial charge on any atom is 0.230 e. The van der Waals surface area contributed by atoms with Crippen molar-refractivity contribution in [3.63, 3.8) is 0 Å². The van der Waals surface area contributed by atoms with Gasteiger partial charge in [-0.05, 0) is 43.0 Å². The molecule has 8 heteroatoms. The van der Waals surface area contributed by atoms with Gasteiger partial charge in [0, 0.05) is 12.3 Å². The minimum atomic E-state index is -0.221. The van der Waals surface area contributed by atoms with Crippen LogP contribution in [-0.4, -0.2) is 43.6 Å². The van der Waals surface area contributed by atoms with Crippen LogP contribution in [0.2, 0.25) is 0 Å². The smallest absolute Gasteiger partial charge is 0.230 e. The third-order valence-electron chi connectivity index (χ3n) is 6.02. The maximum absolute atomic E-state index is 11.6. The van der Waals surface area contributed by atoms with Crippen molar-refractivity contribution in [1.82, 2.24) is 19.5 Å². The number of likely N-dealkylation sites (tertiary alicyclic amines) is 1. The van der Waals surface area contributed by atoms with Crippen molar-refractivity contribution in [2.24, 2.45) is 11.7 Å². The highest BCUT2D eigenvalue weighted by Crippen LogP contribution is 2.41. The molecule has 7 nitrogen and oxygen atoms in total. The summed E-state index contributed by atoms with van der Waals surface area (Å²) in [7, 11) is 0. The molecule has 1 aromatic carbocycles. The van der Waals surface area contributed by atoms with Crippen LogP contribution in [0.25, 0.3) is 4.96 Å². The second kappa shape index (κ2) is 8.35. The van der Waals surface area contributed by atoms with Crippen molar-refractivity contribution in [2.45, 2.75) is 52.0 Å². The standard InChI is InChI=1S/C22H29N5O2S/c1-4-17-24-22-27(25-17)21(29)19(30-22)18(15-7-5-14(6-8-15)13(2)3)26-11-9-16(10-12-26)20(23)28/h5-8,13,16,18,29H,4,9-12H2,1-3H3,(H2,23,28). The summed E-state index contributed by atoms with van der Waals surface area (Å²) in [6.07, 6.45) is 2.19. The maximum atomic E-state index is 11.6. The third kappa shape index (κ3) is 3.81. The highest BCUT2D eigenvalue weighted by molar-refractivity contribution is 7.17. The van der Waals surface area contributed by atoms with Crippen molar-refractivity contribution in [2.75, 3.05) is 13.1 Å². The van der Waals surface area contributed by atoms with Crippen LogP contribution in [0.4, 0.5) is 0 Å². The molecule has 1 fully saturated rings. The van der Waals surface area contributed by atoms with Gasteiger partial charge in [-0.3, -0.25) is 9.69 Å². The Balaban J connectivity index is 1.73. The van der Waals surface area contributed by atoms with Gasteiger partial charge in [0.2, 0.25) is 16.7 Å². The monoisotopic (exact) mass is 427 g/mol. The number of nitrogens with zero attached hydrogens (tertiary/aromatic N) is 4. The van der Waals surface area contributed by atoms with Gasteiger partial charge in [-0.1, -0.05) is 56.4 Å². The number of benzene rings is 1. The van der Waals surface area contributed by atoms with Gasteiger partial charge in [0.15, 0.2) is 5.82 Å². The molecule has 0 bridgehead atoms. The van der Waals surface area contributed by atoms with Crippen LogP contribution in [-0.2, 0) is 11.2 Å². The Morgan fingerprint density at radius 1 is 1.23 bits per heavy atom. The lowest BCUT2D eigenvalue weighted by Crippen LogP contribution is -2.40. The first-order chi connectivity index (χ1) is 14.4. The first-order valence-corrected chi connectivity index (χ1v) is 11.4. The molecule has 1 unspecified atom stereocenters. The molecule has 1 saturated heterocycles. The number of aryl methyl sites for hydroxylation is 1. The number of hydrogen-bond acceptors (Lipinski definition) is 6. The van der Waals surface area contributed by atoms with Gasteiger partial charge < -0.3 is 10.8 Å². The first kappa shape index (κ1) is 20.8. The zero-order chi connectivity index (χ0) is 21.4. The molecule has 0 spiro atoms. The summed E-state index contributed by atoms with van der Waals surface area (Å²) in [5.74, 6) is 1.04. The Morgan fingerprint density at radius 2 is 1.87 bits per heavy atom. The van der Waals surface area contributed by atoms with Gasteiger partial charge in [-0.15, -0.1) is 5.10 Å². The summed E-state index contributed by atoms with van der Waals surface area (Å²) in [5.41, 5.74) is 7.93. The summed E-state index contributed by atoms with van der Waals surface area (Å²) in [4.78, 5) is 20.0. The third-order valence-corrected chi connectivity index (χ3v) is 7.10. The Labute approximate surface area is 180 Å². The largest absolute Gasteiger partial charge is 0.492 e. The molecule has 1 amide bonds. The van der Waals surface area contributed by atoms with Crippen LogP contribution < -0.4 is 5.73 Å². The summed E-state index contributed by atoms with van der Waals surface area (Å²) in [6, 6.07) is 8.50. The molecule has 30 heavy (non-hydrogen) atoms. The average molecular weight is 428 g/mol. The molecule has 3 aromatic rings. The number of piperidine rings is 1. The van der Waals surface area contributed by atoms with Gasteiger partial charge >= 0.3 is 0 Å². The molecule has 2 aromatic heterocycles. The normalized spacial score (nSPS) is 17.1. The molecule has 160 valence electrons. The fourth-order valence-corrected chi connectivity index (χ4v) is 5.29. The van der Waals surface area contributed by atoms with Crippen molar-refractivity contribution in [3.05, 3.63) is 46.1 Å². The second-order valence-corrected chi connectivity index (χ2v) is 9.31. The van der Waals surface area contributed by atoms with Crippen LogP contribution in [0, 0.1) is 5.92 Å². The van der Waals surface area contributed by atoms with Crippen LogP contribution in [0.1, 0.15) is 67.4 Å². The second-order valence-electron chi connectivity index (χ2n) is 8.30. The topological polar surface area (TPSA) is 96.8 Å². The zero-order valence-electron chi connectivity index (χ0n) is 17.7. The van der Waals surface area contributed by atoms with Crippen LogP contribution in [0.15, 0.2) is 24.3 Å². The van der Waals surface area contributed by atoms with Crippen molar-refractivity contribution >= 4 is 22.2 Å². The van der Waals surface area contributed by atoms with E-state index in [1.807, 2.05) is 6.92 Å². The molecule has 4 rings (SSSR count). The lowest BCUT2D eigenvalue weighted by molar-refractivity contribution is -0.123. The number of fused-ring (bicyclic) bond motifs is 1. The van der Waals surface area contributed by atoms with Crippen LogP contribution in [0.5, 0.6) is 5.88 Å². The summed E-state index contributed by atoms with van der Waals surface area (Å²) in [6.45, 7) is 7.85. The lowest BCUT2D eigenvalue weighted by atomic mass is 9.92. The highest BCUT2D eigenvalue weighted by atomic mass is 32.1. The summed E-state index contributed by atoms with van der Waals surface area (Å²) < 4.78 is 1.55. The zero-order valence-corrected chi connectivity index (χ0v) is 18.5. The Morgan fingerprint density at radius 3 is 2.40 bits per heavy atom. The summed E-state index contributed by atoms with van der Waals surface area (Å²) in [5, 5.41) is 15.4. The highest BCUT2D eigenvalue weighted by Gasteiger charge is 2.33. The van der Waals surface area contributed by atoms with Gasteiger partial charge in [0.1, 0.15) is 0 Å². The number of aromatic nitrogens is 3. The molecular formula is C22H29N5O2S. The molecule has 3 heterocycles. The van der Waals surface area contributed by atoms with Crippen molar-refractivity contribution in [3.8, 4) is 5.88 Å². The van der Waals surface area contributed by atoms with E-state index < -0.39 is 0 Å². The van der Waals surface area contributed by atoms with Crippen LogP contribution in [0.3, 0.4) is 0 Å². The number of carbonyl (C=O) groups excluding carboxylic acids is 1. The Kier molecular flexibility index (Phi) is 5.79. The van der Waals surface area contributed by atoms with E-state index in [-0.39, 0.29) is 23.7 Å². The van der Waals surface area contributed by atoms with E-state index >= 15 is 0 Å². The number of primary amides is 1. The van der Waals surface area contributed by atoms with E-state index in [0.717, 1.165) is 48.6 Å². The molecule has 1 atom stereocenters. The Bertz CT molecular complexity index is 1030. The number of thiazole rings is 1. The lowest BCUT2D eigenvalue weighted by Gasteiger charge is -2.36. The number of rotatable bonds is 6. The van der Waals surface area contributed by atoms with E-state index in [0.29, 0.717) is 10.9 Å². The number of amides is 1. The molecule has 0 radical (unpaired) electrons. The fourth-order valence-electron chi connectivity index (χ4n) is 4.15. The van der Waals surface area contributed by atoms with Crippen LogP contribution >= 0.6 is 11.3 Å². The van der Waals surface area contributed by atoms with Gasteiger partial charge in [0.05, 0.1) is 10.9 Å². The van der Waals surface area contributed by atoms with Crippen molar-refractivity contribution in [1.29, 1.82) is 0 Å². The van der Waals surface area contributed by atoms with E-state index in [1.165, 1.54) is 16.9 Å². The quantitative estimate of drug-likeness (QED) is 0.628. The molecule has 1 aliphatic heterocycles. The molecule has 0 aliphatic carbocycles. The first-order valence-electron chi connectivity index (χ1n) is 10.6. The summed E-state index contributed by atoms with van der Waals surface area (Å²) >= 11 is 1.48. The van der Waals surface area contributed by atoms with E-state index in [1.54, 1.807) is 4.52 Å². The minimum absolute atomic E-state index is 0.0757. The molecular weight excluding hydrogens is 398 g/mol. The molecule has 1 aliphatic rings.